The standard InChI is InChI=1S/C22H25NO6/c1-5-11-29-22(25)16-7-6-8-17(14-16)23-20(24)10-9-15-12-18(26-2)21(28-4)19(13-15)27-3/h6-10,12-14H,5,11H2,1-4H3,(H,23,24)/b10-9+. The summed E-state index contributed by atoms with van der Waals surface area (Å²) in [6, 6.07) is 10.1. The van der Waals surface area contributed by atoms with Gasteiger partial charge in [0.05, 0.1) is 33.5 Å². The first-order valence-corrected chi connectivity index (χ1v) is 9.08. The van der Waals surface area contributed by atoms with Crippen molar-refractivity contribution < 1.29 is 28.5 Å². The van der Waals surface area contributed by atoms with Crippen molar-refractivity contribution in [3.8, 4) is 17.2 Å². The fraction of sp³-hybridized carbons (Fsp3) is 0.273. The minimum atomic E-state index is -0.420. The molecule has 0 saturated carbocycles. The highest BCUT2D eigenvalue weighted by molar-refractivity contribution is 6.02. The monoisotopic (exact) mass is 399 g/mol. The highest BCUT2D eigenvalue weighted by Gasteiger charge is 2.12. The van der Waals surface area contributed by atoms with Crippen LogP contribution >= 0.6 is 0 Å². The Bertz CT molecular complexity index is 866. The predicted octanol–water partition coefficient (Wildman–Crippen LogP) is 3.93. The zero-order chi connectivity index (χ0) is 21.2. The number of hydrogen-bond donors (Lipinski definition) is 1. The molecule has 2 aromatic rings. The van der Waals surface area contributed by atoms with E-state index in [0.29, 0.717) is 40.7 Å². The van der Waals surface area contributed by atoms with Gasteiger partial charge in [-0.2, -0.15) is 0 Å². The number of esters is 1. The van der Waals surface area contributed by atoms with Gasteiger partial charge in [0.15, 0.2) is 11.5 Å². The van der Waals surface area contributed by atoms with E-state index in [0.717, 1.165) is 6.42 Å². The molecule has 0 aromatic heterocycles. The molecule has 0 aliphatic carbocycles. The highest BCUT2D eigenvalue weighted by Crippen LogP contribution is 2.38. The minimum Gasteiger partial charge on any atom is -0.493 e. The molecule has 0 heterocycles. The quantitative estimate of drug-likeness (QED) is 0.508. The molecule has 7 heteroatoms. The maximum atomic E-state index is 12.3. The normalized spacial score (nSPS) is 10.5. The molecule has 0 atom stereocenters. The van der Waals surface area contributed by atoms with Crippen molar-refractivity contribution in [1.29, 1.82) is 0 Å². The molecular weight excluding hydrogens is 374 g/mol. The van der Waals surface area contributed by atoms with Crippen molar-refractivity contribution in [1.82, 2.24) is 0 Å². The lowest BCUT2D eigenvalue weighted by Crippen LogP contribution is -2.10. The van der Waals surface area contributed by atoms with Gasteiger partial charge >= 0.3 is 5.97 Å². The number of benzene rings is 2. The Balaban J connectivity index is 2.11. The third kappa shape index (κ3) is 6.00. The van der Waals surface area contributed by atoms with Crippen molar-refractivity contribution in [3.63, 3.8) is 0 Å². The van der Waals surface area contributed by atoms with Crippen LogP contribution < -0.4 is 19.5 Å². The highest BCUT2D eigenvalue weighted by atomic mass is 16.5. The van der Waals surface area contributed by atoms with Gasteiger partial charge in [-0.05, 0) is 48.4 Å². The van der Waals surface area contributed by atoms with Crippen LogP contribution in [-0.4, -0.2) is 39.8 Å². The summed E-state index contributed by atoms with van der Waals surface area (Å²) >= 11 is 0. The summed E-state index contributed by atoms with van der Waals surface area (Å²) in [5.41, 5.74) is 1.58. The van der Waals surface area contributed by atoms with E-state index in [1.807, 2.05) is 6.92 Å². The van der Waals surface area contributed by atoms with Crippen LogP contribution in [0.3, 0.4) is 0 Å². The zero-order valence-electron chi connectivity index (χ0n) is 17.0. The molecule has 1 amide bonds. The van der Waals surface area contributed by atoms with Gasteiger partial charge in [0.1, 0.15) is 0 Å². The van der Waals surface area contributed by atoms with Crippen molar-refractivity contribution in [2.24, 2.45) is 0 Å². The molecule has 29 heavy (non-hydrogen) atoms. The second kappa shape index (κ2) is 10.8. The van der Waals surface area contributed by atoms with Gasteiger partial charge in [0.2, 0.25) is 11.7 Å². The van der Waals surface area contributed by atoms with Crippen LogP contribution in [0.2, 0.25) is 0 Å². The molecule has 154 valence electrons. The van der Waals surface area contributed by atoms with Crippen LogP contribution in [0.5, 0.6) is 17.2 Å². The van der Waals surface area contributed by atoms with E-state index in [9.17, 15) is 9.59 Å². The van der Waals surface area contributed by atoms with Crippen molar-refractivity contribution >= 4 is 23.6 Å². The van der Waals surface area contributed by atoms with E-state index < -0.39 is 5.97 Å². The van der Waals surface area contributed by atoms with Gasteiger partial charge in [-0.25, -0.2) is 4.79 Å². The minimum absolute atomic E-state index is 0.349. The van der Waals surface area contributed by atoms with E-state index in [1.165, 1.54) is 27.4 Å². The Hall–Kier alpha value is -3.48. The molecule has 0 aliphatic rings. The van der Waals surface area contributed by atoms with Crippen molar-refractivity contribution in [2.45, 2.75) is 13.3 Å². The number of carbonyl (C=O) groups is 2. The molecule has 0 aliphatic heterocycles. The molecule has 2 rings (SSSR count). The number of ether oxygens (including phenoxy) is 4. The smallest absolute Gasteiger partial charge is 0.338 e. The molecule has 0 spiro atoms. The van der Waals surface area contributed by atoms with Crippen LogP contribution in [-0.2, 0) is 9.53 Å². The first-order chi connectivity index (χ1) is 14.0. The zero-order valence-corrected chi connectivity index (χ0v) is 17.0. The maximum Gasteiger partial charge on any atom is 0.338 e. The van der Waals surface area contributed by atoms with Crippen LogP contribution in [0.15, 0.2) is 42.5 Å². The Morgan fingerprint density at radius 1 is 1.00 bits per heavy atom. The van der Waals surface area contributed by atoms with Gasteiger partial charge in [-0.3, -0.25) is 4.79 Å². The number of amides is 1. The molecule has 1 N–H and O–H groups in total. The Labute approximate surface area is 170 Å². The largest absolute Gasteiger partial charge is 0.493 e. The SMILES string of the molecule is CCCOC(=O)c1cccc(NC(=O)/C=C/c2cc(OC)c(OC)c(OC)c2)c1. The first kappa shape index (κ1) is 21.8. The summed E-state index contributed by atoms with van der Waals surface area (Å²) < 4.78 is 21.0. The summed E-state index contributed by atoms with van der Waals surface area (Å²) in [5, 5.41) is 2.72. The summed E-state index contributed by atoms with van der Waals surface area (Å²) in [5.74, 6) is 0.688. The van der Waals surface area contributed by atoms with Gasteiger partial charge in [-0.15, -0.1) is 0 Å². The Morgan fingerprint density at radius 3 is 2.28 bits per heavy atom. The number of anilines is 1. The third-order valence-corrected chi connectivity index (χ3v) is 3.92. The maximum absolute atomic E-state index is 12.3. The summed E-state index contributed by atoms with van der Waals surface area (Å²) in [6.07, 6.45) is 3.75. The van der Waals surface area contributed by atoms with Crippen LogP contribution in [0, 0.1) is 0 Å². The summed E-state index contributed by atoms with van der Waals surface area (Å²) in [6.45, 7) is 2.27. The van der Waals surface area contributed by atoms with Crippen LogP contribution in [0.25, 0.3) is 6.08 Å². The first-order valence-electron chi connectivity index (χ1n) is 9.08. The lowest BCUT2D eigenvalue weighted by atomic mass is 10.1. The van der Waals surface area contributed by atoms with Crippen molar-refractivity contribution in [3.05, 3.63) is 53.6 Å². The second-order valence-corrected chi connectivity index (χ2v) is 6.00. The average Bonchev–Trinajstić information content (AvgIpc) is 2.75. The molecule has 0 unspecified atom stereocenters. The second-order valence-electron chi connectivity index (χ2n) is 6.00. The molecule has 0 fully saturated rings. The van der Waals surface area contributed by atoms with E-state index in [2.05, 4.69) is 5.32 Å². The van der Waals surface area contributed by atoms with E-state index in [1.54, 1.807) is 42.5 Å². The molecule has 0 saturated heterocycles. The predicted molar refractivity (Wildman–Crippen MR) is 111 cm³/mol. The van der Waals surface area contributed by atoms with Gasteiger partial charge < -0.3 is 24.3 Å². The number of rotatable bonds is 9. The van der Waals surface area contributed by atoms with Gasteiger partial charge in [0.25, 0.3) is 0 Å². The van der Waals surface area contributed by atoms with Crippen molar-refractivity contribution in [2.75, 3.05) is 33.3 Å². The third-order valence-electron chi connectivity index (χ3n) is 3.92. The van der Waals surface area contributed by atoms with E-state index >= 15 is 0 Å². The molecular formula is C22H25NO6. The summed E-state index contributed by atoms with van der Waals surface area (Å²) in [7, 11) is 4.57. The van der Waals surface area contributed by atoms with E-state index in [-0.39, 0.29) is 5.91 Å². The Morgan fingerprint density at radius 2 is 1.69 bits per heavy atom. The lowest BCUT2D eigenvalue weighted by molar-refractivity contribution is -0.111. The molecule has 0 bridgehead atoms. The number of carbonyl (C=O) groups excluding carboxylic acids is 2. The molecule has 2 aromatic carbocycles. The fourth-order valence-electron chi connectivity index (χ4n) is 2.56. The fourth-order valence-corrected chi connectivity index (χ4v) is 2.56. The van der Waals surface area contributed by atoms with Gasteiger partial charge in [-0.1, -0.05) is 13.0 Å². The number of hydrogen-bond acceptors (Lipinski definition) is 6. The lowest BCUT2D eigenvalue weighted by Gasteiger charge is -2.12. The van der Waals surface area contributed by atoms with Gasteiger partial charge in [0, 0.05) is 11.8 Å². The molecule has 0 radical (unpaired) electrons. The topological polar surface area (TPSA) is 83.1 Å². The number of methoxy groups -OCH3 is 3. The molecule has 7 nitrogen and oxygen atoms in total. The van der Waals surface area contributed by atoms with E-state index in [4.69, 9.17) is 18.9 Å². The Kier molecular flexibility index (Phi) is 8.09. The van der Waals surface area contributed by atoms with Crippen LogP contribution in [0.1, 0.15) is 29.3 Å². The van der Waals surface area contributed by atoms with Crippen LogP contribution in [0.4, 0.5) is 5.69 Å². The summed E-state index contributed by atoms with van der Waals surface area (Å²) in [4.78, 5) is 24.2. The average molecular weight is 399 g/mol. The number of nitrogens with one attached hydrogen (secondary N) is 1.